The smallest absolute Gasteiger partial charge is 0.339 e. The topological polar surface area (TPSA) is 86.2 Å². The number of carbonyl (C=O) groups is 1. The van der Waals surface area contributed by atoms with E-state index in [2.05, 4.69) is 16.9 Å². The molecule has 0 saturated heterocycles. The number of nitrogens with zero attached hydrogens (tertiary/aromatic N) is 1. The van der Waals surface area contributed by atoms with Crippen molar-refractivity contribution in [2.45, 2.75) is 32.1 Å². The van der Waals surface area contributed by atoms with Gasteiger partial charge in [0, 0.05) is 23.4 Å². The average Bonchev–Trinajstić information content (AvgIpc) is 2.94. The highest BCUT2D eigenvalue weighted by Gasteiger charge is 2.22. The molecule has 0 bridgehead atoms. The number of imidazole rings is 1. The minimum absolute atomic E-state index is 0.0662. The fraction of sp³-hybridized carbons (Fsp3) is 0.333. The van der Waals surface area contributed by atoms with E-state index in [9.17, 15) is 9.90 Å². The van der Waals surface area contributed by atoms with Gasteiger partial charge in [-0.1, -0.05) is 31.9 Å². The number of benzene rings is 1. The summed E-state index contributed by atoms with van der Waals surface area (Å²) in [7, 11) is 0. The molecule has 0 radical (unpaired) electrons. The molecule has 2 aromatic rings. The number of para-hydroxylation sites is 1. The molecule has 3 N–H and O–H groups in total. The van der Waals surface area contributed by atoms with Gasteiger partial charge in [-0.3, -0.25) is 0 Å². The van der Waals surface area contributed by atoms with Crippen LogP contribution in [0.5, 0.6) is 5.75 Å². The summed E-state index contributed by atoms with van der Waals surface area (Å²) in [6, 6.07) is 4.84. The number of aromatic carboxylic acids is 1. The number of carboxylic acid groups (broad SMARTS) is 1. The van der Waals surface area contributed by atoms with Gasteiger partial charge in [0.05, 0.1) is 6.33 Å². The number of hydrogen-bond acceptors (Lipinski definition) is 3. The average molecular weight is 274 g/mol. The van der Waals surface area contributed by atoms with Crippen molar-refractivity contribution in [2.75, 3.05) is 0 Å². The number of rotatable bonds is 6. The van der Waals surface area contributed by atoms with E-state index in [1.807, 2.05) is 0 Å². The number of nitrogens with one attached hydrogen (secondary N) is 1. The molecule has 0 aliphatic carbocycles. The Morgan fingerprint density at radius 2 is 2.25 bits per heavy atom. The molecule has 2 rings (SSSR count). The molecule has 5 nitrogen and oxygen atoms in total. The van der Waals surface area contributed by atoms with E-state index >= 15 is 0 Å². The third-order valence-corrected chi connectivity index (χ3v) is 3.41. The molecule has 1 heterocycles. The Hall–Kier alpha value is -2.30. The van der Waals surface area contributed by atoms with Crippen LogP contribution in [0.2, 0.25) is 0 Å². The second kappa shape index (κ2) is 6.23. The summed E-state index contributed by atoms with van der Waals surface area (Å²) in [5.41, 5.74) is 1.45. The Bertz CT molecular complexity index is 579. The van der Waals surface area contributed by atoms with Crippen LogP contribution in [0, 0.1) is 0 Å². The molecule has 5 heteroatoms. The van der Waals surface area contributed by atoms with Gasteiger partial charge in [0.15, 0.2) is 0 Å². The van der Waals surface area contributed by atoms with E-state index in [-0.39, 0.29) is 17.2 Å². The van der Waals surface area contributed by atoms with E-state index in [0.717, 1.165) is 25.0 Å². The highest BCUT2D eigenvalue weighted by Crippen LogP contribution is 2.35. The summed E-state index contributed by atoms with van der Waals surface area (Å²) in [5, 5.41) is 19.3. The maximum atomic E-state index is 11.1. The third kappa shape index (κ3) is 2.82. The number of aromatic amines is 1. The molecule has 1 aromatic heterocycles. The summed E-state index contributed by atoms with van der Waals surface area (Å²) in [6.45, 7) is 2.09. The Morgan fingerprint density at radius 3 is 2.85 bits per heavy atom. The van der Waals surface area contributed by atoms with Gasteiger partial charge < -0.3 is 15.2 Å². The third-order valence-electron chi connectivity index (χ3n) is 3.41. The molecule has 0 aliphatic rings. The molecule has 20 heavy (non-hydrogen) atoms. The number of hydrogen-bond donors (Lipinski definition) is 3. The zero-order valence-electron chi connectivity index (χ0n) is 11.3. The quantitative estimate of drug-likeness (QED) is 0.755. The summed E-state index contributed by atoms with van der Waals surface area (Å²) in [4.78, 5) is 18.2. The molecule has 0 spiro atoms. The minimum atomic E-state index is -1.12. The van der Waals surface area contributed by atoms with Crippen LogP contribution in [0.1, 0.15) is 53.7 Å². The highest BCUT2D eigenvalue weighted by atomic mass is 16.4. The second-order valence-electron chi connectivity index (χ2n) is 4.75. The van der Waals surface area contributed by atoms with Gasteiger partial charge >= 0.3 is 5.97 Å². The first kappa shape index (κ1) is 14.1. The number of unbranched alkanes of at least 4 members (excludes halogenated alkanes) is 1. The van der Waals surface area contributed by atoms with E-state index in [4.69, 9.17) is 5.11 Å². The summed E-state index contributed by atoms with van der Waals surface area (Å²) < 4.78 is 0. The predicted molar refractivity (Wildman–Crippen MR) is 75.0 cm³/mol. The van der Waals surface area contributed by atoms with Gasteiger partial charge in [-0.2, -0.15) is 0 Å². The predicted octanol–water partition coefficient (Wildman–Crippen LogP) is 3.14. The molecule has 1 atom stereocenters. The fourth-order valence-electron chi connectivity index (χ4n) is 2.36. The normalized spacial score (nSPS) is 12.2. The van der Waals surface area contributed by atoms with Gasteiger partial charge in [0.2, 0.25) is 0 Å². The molecular weight excluding hydrogens is 256 g/mol. The number of phenols is 1. The van der Waals surface area contributed by atoms with Crippen molar-refractivity contribution in [3.8, 4) is 5.75 Å². The van der Waals surface area contributed by atoms with Gasteiger partial charge in [0.25, 0.3) is 0 Å². The first-order valence-corrected chi connectivity index (χ1v) is 6.68. The van der Waals surface area contributed by atoms with Crippen LogP contribution < -0.4 is 0 Å². The van der Waals surface area contributed by atoms with Crippen LogP contribution in [0.3, 0.4) is 0 Å². The van der Waals surface area contributed by atoms with Crippen molar-refractivity contribution in [1.82, 2.24) is 9.97 Å². The number of H-pyrrole nitrogens is 1. The lowest BCUT2D eigenvalue weighted by Gasteiger charge is -2.17. The SMILES string of the molecule is CCCCC(c1cnc[nH]1)c1cccc(C(=O)O)c1O. The van der Waals surface area contributed by atoms with Crippen LogP contribution in [-0.4, -0.2) is 26.2 Å². The van der Waals surface area contributed by atoms with Crippen LogP contribution >= 0.6 is 0 Å². The first-order valence-electron chi connectivity index (χ1n) is 6.68. The standard InChI is InChI=1S/C15H18N2O3/c1-2-3-5-10(13-8-16-9-17-13)11-6-4-7-12(14(11)18)15(19)20/h4,6-10,18H,2-3,5H2,1H3,(H,16,17)(H,19,20). The minimum Gasteiger partial charge on any atom is -0.507 e. The molecular formula is C15H18N2O3. The molecule has 0 saturated carbocycles. The monoisotopic (exact) mass is 274 g/mol. The number of aromatic nitrogens is 2. The van der Waals surface area contributed by atoms with Crippen molar-refractivity contribution in [2.24, 2.45) is 0 Å². The maximum absolute atomic E-state index is 11.1. The van der Waals surface area contributed by atoms with E-state index in [0.29, 0.717) is 5.56 Å². The Labute approximate surface area is 117 Å². The molecule has 0 aliphatic heterocycles. The Balaban J connectivity index is 2.43. The summed E-state index contributed by atoms with van der Waals surface area (Å²) >= 11 is 0. The highest BCUT2D eigenvalue weighted by molar-refractivity contribution is 5.91. The van der Waals surface area contributed by atoms with Crippen LogP contribution in [0.25, 0.3) is 0 Å². The van der Waals surface area contributed by atoms with E-state index in [1.54, 1.807) is 24.7 Å². The lowest BCUT2D eigenvalue weighted by atomic mass is 9.89. The van der Waals surface area contributed by atoms with Crippen LogP contribution in [-0.2, 0) is 0 Å². The van der Waals surface area contributed by atoms with Crippen molar-refractivity contribution in [3.05, 3.63) is 47.5 Å². The van der Waals surface area contributed by atoms with Gasteiger partial charge in [0.1, 0.15) is 11.3 Å². The summed E-state index contributed by atoms with van der Waals surface area (Å²) in [5.74, 6) is -1.35. The van der Waals surface area contributed by atoms with Crippen molar-refractivity contribution < 1.29 is 15.0 Å². The molecule has 0 amide bonds. The lowest BCUT2D eigenvalue weighted by molar-refractivity contribution is 0.0693. The van der Waals surface area contributed by atoms with Crippen LogP contribution in [0.4, 0.5) is 0 Å². The molecule has 0 fully saturated rings. The molecule has 1 aromatic carbocycles. The lowest BCUT2D eigenvalue weighted by Crippen LogP contribution is -2.05. The van der Waals surface area contributed by atoms with Crippen molar-refractivity contribution in [3.63, 3.8) is 0 Å². The number of aromatic hydroxyl groups is 1. The van der Waals surface area contributed by atoms with Gasteiger partial charge in [-0.05, 0) is 12.5 Å². The maximum Gasteiger partial charge on any atom is 0.339 e. The van der Waals surface area contributed by atoms with Gasteiger partial charge in [-0.15, -0.1) is 0 Å². The molecule has 106 valence electrons. The number of carboxylic acids is 1. The zero-order chi connectivity index (χ0) is 14.5. The Morgan fingerprint density at radius 1 is 1.45 bits per heavy atom. The van der Waals surface area contributed by atoms with Gasteiger partial charge in [-0.25, -0.2) is 9.78 Å². The Kier molecular flexibility index (Phi) is 4.40. The second-order valence-corrected chi connectivity index (χ2v) is 4.75. The molecule has 1 unspecified atom stereocenters. The zero-order valence-corrected chi connectivity index (χ0v) is 11.3. The van der Waals surface area contributed by atoms with Crippen LogP contribution in [0.15, 0.2) is 30.7 Å². The van der Waals surface area contributed by atoms with Crippen molar-refractivity contribution in [1.29, 1.82) is 0 Å². The van der Waals surface area contributed by atoms with E-state index < -0.39 is 5.97 Å². The largest absolute Gasteiger partial charge is 0.507 e. The summed E-state index contributed by atoms with van der Waals surface area (Å²) in [6.07, 6.45) is 6.15. The fourth-order valence-corrected chi connectivity index (χ4v) is 2.36. The van der Waals surface area contributed by atoms with Crippen molar-refractivity contribution >= 4 is 5.97 Å². The van der Waals surface area contributed by atoms with E-state index in [1.165, 1.54) is 6.07 Å². The first-order chi connectivity index (χ1) is 9.65.